The Kier molecular flexibility index (Phi) is 5.17. The van der Waals surface area contributed by atoms with Crippen molar-refractivity contribution in [3.8, 4) is 5.69 Å². The number of piperidine rings is 1. The largest absolute Gasteiger partial charge is 0.347 e. The number of fused-ring (bicyclic) bond motifs is 2. The van der Waals surface area contributed by atoms with E-state index in [9.17, 15) is 19.2 Å². The number of hydrogen-bond donors (Lipinski definition) is 2. The third kappa shape index (κ3) is 3.74. The van der Waals surface area contributed by atoms with Crippen molar-refractivity contribution in [3.05, 3.63) is 76.1 Å². The van der Waals surface area contributed by atoms with Gasteiger partial charge in [-0.3, -0.25) is 24.5 Å². The molecule has 2 aliphatic heterocycles. The Morgan fingerprint density at radius 2 is 1.97 bits per heavy atom. The molecule has 2 atom stereocenters. The molecule has 0 spiro atoms. The maximum atomic E-state index is 13.1. The molecule has 0 radical (unpaired) electrons. The van der Waals surface area contributed by atoms with E-state index in [0.717, 1.165) is 18.4 Å². The van der Waals surface area contributed by atoms with Crippen LogP contribution in [0.15, 0.2) is 42.6 Å². The van der Waals surface area contributed by atoms with Crippen LogP contribution in [0.1, 0.15) is 55.9 Å². The lowest BCUT2D eigenvalue weighted by Gasteiger charge is -2.29. The molecule has 2 aromatic carbocycles. The fourth-order valence-corrected chi connectivity index (χ4v) is 5.37. The van der Waals surface area contributed by atoms with E-state index >= 15 is 0 Å². The third-order valence-corrected chi connectivity index (χ3v) is 7.26. The Balaban J connectivity index is 1.16. The maximum absolute atomic E-state index is 13.1. The predicted molar refractivity (Wildman–Crippen MR) is 127 cm³/mol. The summed E-state index contributed by atoms with van der Waals surface area (Å²) in [6, 6.07) is 10.9. The molecule has 182 valence electrons. The molecule has 3 aliphatic rings. The number of nitrogens with one attached hydrogen (secondary N) is 2. The number of carbonyl (C=O) groups is 4. The minimum absolute atomic E-state index is 0.00892. The fraction of sp³-hybridized carbons (Fsp3) is 0.308. The van der Waals surface area contributed by atoms with Gasteiger partial charge in [0.15, 0.2) is 5.69 Å². The Hall–Kier alpha value is -4.34. The standard InChI is InChI=1S/C26H24N6O4/c1-14-3-2-4-15-9-17(10-19(14)15)27-24(34)21-13-32(30-29-21)18-6-5-16-12-31(26(36)20(16)11-18)22-7-8-23(33)28-25(22)35/h2-6,11,13,17,22H,7-10,12H2,1H3,(H,27,34)(H,28,33,35). The number of imide groups is 1. The molecule has 6 rings (SSSR count). The first-order valence-electron chi connectivity index (χ1n) is 12.0. The monoisotopic (exact) mass is 484 g/mol. The lowest BCUT2D eigenvalue weighted by Crippen LogP contribution is -2.52. The second kappa shape index (κ2) is 8.40. The van der Waals surface area contributed by atoms with E-state index < -0.39 is 11.9 Å². The van der Waals surface area contributed by atoms with Gasteiger partial charge in [-0.2, -0.15) is 0 Å². The fourth-order valence-electron chi connectivity index (χ4n) is 5.37. The summed E-state index contributed by atoms with van der Waals surface area (Å²) in [5.74, 6) is -1.32. The molecular formula is C26H24N6O4. The topological polar surface area (TPSA) is 126 Å². The summed E-state index contributed by atoms with van der Waals surface area (Å²) in [7, 11) is 0. The molecule has 10 nitrogen and oxygen atoms in total. The van der Waals surface area contributed by atoms with Crippen molar-refractivity contribution in [2.75, 3.05) is 0 Å². The van der Waals surface area contributed by atoms with Crippen molar-refractivity contribution >= 4 is 23.6 Å². The first-order valence-corrected chi connectivity index (χ1v) is 12.0. The van der Waals surface area contributed by atoms with Gasteiger partial charge in [-0.25, -0.2) is 4.68 Å². The average molecular weight is 485 g/mol. The van der Waals surface area contributed by atoms with Gasteiger partial charge >= 0.3 is 0 Å². The predicted octanol–water partition coefficient (Wildman–Crippen LogP) is 1.23. The number of carbonyl (C=O) groups excluding carboxylic acids is 4. The second-order valence-electron chi connectivity index (χ2n) is 9.58. The minimum Gasteiger partial charge on any atom is -0.347 e. The highest BCUT2D eigenvalue weighted by Gasteiger charge is 2.39. The highest BCUT2D eigenvalue weighted by atomic mass is 16.2. The minimum atomic E-state index is -0.668. The molecule has 1 aromatic heterocycles. The van der Waals surface area contributed by atoms with E-state index in [1.54, 1.807) is 18.3 Å². The first kappa shape index (κ1) is 22.1. The van der Waals surface area contributed by atoms with E-state index in [1.807, 2.05) is 12.1 Å². The summed E-state index contributed by atoms with van der Waals surface area (Å²) in [6.45, 7) is 2.38. The Morgan fingerprint density at radius 3 is 2.78 bits per heavy atom. The van der Waals surface area contributed by atoms with Gasteiger partial charge < -0.3 is 10.2 Å². The van der Waals surface area contributed by atoms with Crippen LogP contribution in [0.4, 0.5) is 0 Å². The van der Waals surface area contributed by atoms with Gasteiger partial charge in [-0.1, -0.05) is 29.5 Å². The SMILES string of the molecule is Cc1cccc2c1CC(NC(=O)c1cn(-c3ccc4c(c3)C(=O)N(C3CCC(=O)NC3=O)C4)nn1)C2. The normalized spacial score (nSPS) is 20.8. The van der Waals surface area contributed by atoms with E-state index in [0.29, 0.717) is 24.2 Å². The van der Waals surface area contributed by atoms with Gasteiger partial charge in [0.1, 0.15) is 6.04 Å². The molecule has 4 amide bonds. The summed E-state index contributed by atoms with van der Waals surface area (Å²) in [4.78, 5) is 51.2. The Bertz CT molecular complexity index is 1440. The summed E-state index contributed by atoms with van der Waals surface area (Å²) in [6.07, 6.45) is 3.64. The molecule has 2 unspecified atom stereocenters. The van der Waals surface area contributed by atoms with Crippen molar-refractivity contribution in [3.63, 3.8) is 0 Å². The van der Waals surface area contributed by atoms with Gasteiger partial charge in [-0.15, -0.1) is 5.10 Å². The third-order valence-electron chi connectivity index (χ3n) is 7.26. The van der Waals surface area contributed by atoms with Gasteiger partial charge in [0.2, 0.25) is 11.8 Å². The molecule has 0 bridgehead atoms. The summed E-state index contributed by atoms with van der Waals surface area (Å²) >= 11 is 0. The smallest absolute Gasteiger partial charge is 0.273 e. The molecule has 3 heterocycles. The van der Waals surface area contributed by atoms with E-state index in [-0.39, 0.29) is 35.9 Å². The molecule has 0 saturated carbocycles. The highest BCUT2D eigenvalue weighted by Crippen LogP contribution is 2.29. The van der Waals surface area contributed by atoms with Gasteiger partial charge in [-0.05, 0) is 60.6 Å². The number of aryl methyl sites for hydroxylation is 1. The van der Waals surface area contributed by atoms with Gasteiger partial charge in [0.25, 0.3) is 11.8 Å². The van der Waals surface area contributed by atoms with Gasteiger partial charge in [0.05, 0.1) is 11.9 Å². The molecule has 1 aliphatic carbocycles. The van der Waals surface area contributed by atoms with Crippen LogP contribution in [0.5, 0.6) is 0 Å². The number of rotatable bonds is 4. The summed E-state index contributed by atoms with van der Waals surface area (Å²) < 4.78 is 1.46. The van der Waals surface area contributed by atoms with Crippen LogP contribution in [-0.4, -0.2) is 55.6 Å². The van der Waals surface area contributed by atoms with Crippen molar-refractivity contribution in [2.45, 2.75) is 51.2 Å². The highest BCUT2D eigenvalue weighted by molar-refractivity contribution is 6.05. The molecule has 10 heteroatoms. The summed E-state index contributed by atoms with van der Waals surface area (Å²) in [5.41, 5.74) is 5.83. The van der Waals surface area contributed by atoms with Crippen LogP contribution in [0.25, 0.3) is 5.69 Å². The van der Waals surface area contributed by atoms with E-state index in [1.165, 1.54) is 26.3 Å². The molecule has 3 aromatic rings. The van der Waals surface area contributed by atoms with Crippen LogP contribution in [0.3, 0.4) is 0 Å². The van der Waals surface area contributed by atoms with Crippen molar-refractivity contribution in [1.82, 2.24) is 30.5 Å². The van der Waals surface area contributed by atoms with Crippen LogP contribution in [-0.2, 0) is 29.0 Å². The van der Waals surface area contributed by atoms with Crippen LogP contribution >= 0.6 is 0 Å². The van der Waals surface area contributed by atoms with Crippen molar-refractivity contribution < 1.29 is 19.2 Å². The second-order valence-corrected chi connectivity index (χ2v) is 9.58. The van der Waals surface area contributed by atoms with Crippen LogP contribution < -0.4 is 10.6 Å². The zero-order valence-electron chi connectivity index (χ0n) is 19.7. The molecule has 36 heavy (non-hydrogen) atoms. The number of amides is 4. The molecule has 1 saturated heterocycles. The van der Waals surface area contributed by atoms with Crippen molar-refractivity contribution in [2.24, 2.45) is 0 Å². The van der Waals surface area contributed by atoms with E-state index in [2.05, 4.69) is 40.0 Å². The van der Waals surface area contributed by atoms with Crippen LogP contribution in [0.2, 0.25) is 0 Å². The lowest BCUT2D eigenvalue weighted by molar-refractivity contribution is -0.136. The number of aromatic nitrogens is 3. The number of benzene rings is 2. The first-order chi connectivity index (χ1) is 17.4. The Labute approximate surface area is 206 Å². The Morgan fingerprint density at radius 1 is 1.11 bits per heavy atom. The summed E-state index contributed by atoms with van der Waals surface area (Å²) in [5, 5.41) is 13.5. The zero-order chi connectivity index (χ0) is 25.0. The van der Waals surface area contributed by atoms with Crippen molar-refractivity contribution in [1.29, 1.82) is 0 Å². The molecule has 1 fully saturated rings. The van der Waals surface area contributed by atoms with E-state index in [4.69, 9.17) is 0 Å². The quantitative estimate of drug-likeness (QED) is 0.537. The zero-order valence-corrected chi connectivity index (χ0v) is 19.7. The van der Waals surface area contributed by atoms with Gasteiger partial charge in [0, 0.05) is 24.6 Å². The maximum Gasteiger partial charge on any atom is 0.273 e. The molecular weight excluding hydrogens is 460 g/mol. The lowest BCUT2D eigenvalue weighted by atomic mass is 10.0. The molecule has 2 N–H and O–H groups in total. The number of hydrogen-bond acceptors (Lipinski definition) is 6. The van der Waals surface area contributed by atoms with Crippen LogP contribution in [0, 0.1) is 6.92 Å². The average Bonchev–Trinajstić information content (AvgIpc) is 3.57. The number of nitrogens with zero attached hydrogens (tertiary/aromatic N) is 4.